The zero-order valence-electron chi connectivity index (χ0n) is 18.6. The second-order valence-electron chi connectivity index (χ2n) is 7.76. The van der Waals surface area contributed by atoms with Crippen LogP contribution in [0.25, 0.3) is 16.8 Å². The summed E-state index contributed by atoms with van der Waals surface area (Å²) in [7, 11) is 1.58. The first-order valence-corrected chi connectivity index (χ1v) is 12.3. The molecule has 1 heterocycles. The first-order valence-electron chi connectivity index (χ1n) is 10.7. The molecular formula is C26H24BrNO4S. The van der Waals surface area contributed by atoms with Crippen molar-refractivity contribution >= 4 is 55.7 Å². The summed E-state index contributed by atoms with van der Waals surface area (Å²) in [6, 6.07) is 17.8. The van der Waals surface area contributed by atoms with E-state index in [4.69, 9.17) is 9.47 Å². The average molecular weight is 526 g/mol. The Morgan fingerprint density at radius 2 is 1.85 bits per heavy atom. The standard InChI is InChI=1S/C26H24BrNO4S/c1-4-16(2)28-25(29)24(33-26(28)30)13-19-12-22(31-3)23(14-21(19)27)32-15-18-10-7-9-17-8-5-6-11-20(17)18/h5-14,16H,4,15H2,1-3H3/b24-13-. The largest absolute Gasteiger partial charge is 0.493 e. The molecular weight excluding hydrogens is 502 g/mol. The fourth-order valence-electron chi connectivity index (χ4n) is 3.69. The quantitative estimate of drug-likeness (QED) is 0.310. The van der Waals surface area contributed by atoms with Gasteiger partial charge < -0.3 is 9.47 Å². The Hall–Kier alpha value is -2.77. The maximum absolute atomic E-state index is 12.8. The molecule has 3 aromatic carbocycles. The topological polar surface area (TPSA) is 55.8 Å². The predicted molar refractivity (Wildman–Crippen MR) is 137 cm³/mol. The van der Waals surface area contributed by atoms with E-state index in [-0.39, 0.29) is 17.2 Å². The highest BCUT2D eigenvalue weighted by molar-refractivity contribution is 9.10. The minimum absolute atomic E-state index is 0.133. The van der Waals surface area contributed by atoms with E-state index in [1.165, 1.54) is 4.90 Å². The monoisotopic (exact) mass is 525 g/mol. The zero-order chi connectivity index (χ0) is 23.5. The molecule has 0 aliphatic carbocycles. The van der Waals surface area contributed by atoms with Crippen LogP contribution in [0.4, 0.5) is 4.79 Å². The Balaban J connectivity index is 1.59. The highest BCUT2D eigenvalue weighted by Crippen LogP contribution is 2.39. The molecule has 0 aromatic heterocycles. The molecule has 0 radical (unpaired) electrons. The first-order chi connectivity index (χ1) is 15.9. The smallest absolute Gasteiger partial charge is 0.293 e. The van der Waals surface area contributed by atoms with E-state index in [2.05, 4.69) is 34.1 Å². The van der Waals surface area contributed by atoms with Gasteiger partial charge >= 0.3 is 0 Å². The van der Waals surface area contributed by atoms with Gasteiger partial charge in [-0.15, -0.1) is 0 Å². The van der Waals surface area contributed by atoms with E-state index >= 15 is 0 Å². The minimum Gasteiger partial charge on any atom is -0.493 e. The highest BCUT2D eigenvalue weighted by Gasteiger charge is 2.37. The maximum atomic E-state index is 12.8. The van der Waals surface area contributed by atoms with Crippen LogP contribution in [0, 0.1) is 0 Å². The zero-order valence-corrected chi connectivity index (χ0v) is 21.0. The number of hydrogen-bond donors (Lipinski definition) is 0. The highest BCUT2D eigenvalue weighted by atomic mass is 79.9. The summed E-state index contributed by atoms with van der Waals surface area (Å²) < 4.78 is 12.4. The van der Waals surface area contributed by atoms with Crippen LogP contribution in [0.1, 0.15) is 31.4 Å². The van der Waals surface area contributed by atoms with Gasteiger partial charge in [-0.3, -0.25) is 14.5 Å². The van der Waals surface area contributed by atoms with Crippen LogP contribution >= 0.6 is 27.7 Å². The van der Waals surface area contributed by atoms with Crippen molar-refractivity contribution in [2.24, 2.45) is 0 Å². The first kappa shape index (κ1) is 23.4. The summed E-state index contributed by atoms with van der Waals surface area (Å²) in [5.41, 5.74) is 1.81. The van der Waals surface area contributed by atoms with Crippen LogP contribution in [-0.2, 0) is 11.4 Å². The number of amides is 2. The number of nitrogens with zero attached hydrogens (tertiary/aromatic N) is 1. The number of hydrogen-bond acceptors (Lipinski definition) is 5. The van der Waals surface area contributed by atoms with Crippen molar-refractivity contribution in [3.05, 3.63) is 75.1 Å². The normalized spacial score (nSPS) is 16.0. The van der Waals surface area contributed by atoms with Crippen LogP contribution in [0.3, 0.4) is 0 Å². The Morgan fingerprint density at radius 1 is 1.09 bits per heavy atom. The molecule has 0 bridgehead atoms. The van der Waals surface area contributed by atoms with Gasteiger partial charge in [-0.25, -0.2) is 0 Å². The summed E-state index contributed by atoms with van der Waals surface area (Å²) in [4.78, 5) is 26.8. The van der Waals surface area contributed by atoms with E-state index in [1.54, 1.807) is 19.3 Å². The number of methoxy groups -OCH3 is 1. The van der Waals surface area contributed by atoms with Crippen molar-refractivity contribution in [3.63, 3.8) is 0 Å². The van der Waals surface area contributed by atoms with Crippen molar-refractivity contribution in [2.45, 2.75) is 32.9 Å². The number of imide groups is 1. The molecule has 1 atom stereocenters. The molecule has 3 aromatic rings. The summed E-state index contributed by atoms with van der Waals surface area (Å²) in [6.45, 7) is 4.22. The second-order valence-corrected chi connectivity index (χ2v) is 9.61. The molecule has 0 spiro atoms. The van der Waals surface area contributed by atoms with Crippen molar-refractivity contribution in [2.75, 3.05) is 7.11 Å². The van der Waals surface area contributed by atoms with Crippen molar-refractivity contribution in [1.82, 2.24) is 4.90 Å². The number of carbonyl (C=O) groups is 2. The molecule has 4 rings (SSSR count). The Bertz CT molecular complexity index is 1250. The lowest BCUT2D eigenvalue weighted by Crippen LogP contribution is -2.36. The summed E-state index contributed by atoms with van der Waals surface area (Å²) in [5.74, 6) is 0.870. The predicted octanol–water partition coefficient (Wildman–Crippen LogP) is 7.02. The Labute approximate surface area is 205 Å². The average Bonchev–Trinajstić information content (AvgIpc) is 3.11. The Morgan fingerprint density at radius 3 is 2.61 bits per heavy atom. The molecule has 7 heteroatoms. The molecule has 33 heavy (non-hydrogen) atoms. The third kappa shape index (κ3) is 4.80. The number of fused-ring (bicyclic) bond motifs is 1. The molecule has 0 N–H and O–H groups in total. The van der Waals surface area contributed by atoms with Gasteiger partial charge in [0.05, 0.1) is 12.0 Å². The van der Waals surface area contributed by atoms with Gasteiger partial charge in [0.25, 0.3) is 11.1 Å². The fourth-order valence-corrected chi connectivity index (χ4v) is 5.05. The van der Waals surface area contributed by atoms with E-state index in [0.29, 0.717) is 29.4 Å². The Kier molecular flexibility index (Phi) is 7.10. The van der Waals surface area contributed by atoms with Gasteiger partial charge in [0.2, 0.25) is 0 Å². The van der Waals surface area contributed by atoms with Crippen LogP contribution < -0.4 is 9.47 Å². The van der Waals surface area contributed by atoms with Crippen molar-refractivity contribution < 1.29 is 19.1 Å². The van der Waals surface area contributed by atoms with Gasteiger partial charge in [0, 0.05) is 10.5 Å². The molecule has 1 unspecified atom stereocenters. The van der Waals surface area contributed by atoms with E-state index < -0.39 is 0 Å². The van der Waals surface area contributed by atoms with Crippen LogP contribution in [0.2, 0.25) is 0 Å². The fraction of sp³-hybridized carbons (Fsp3) is 0.231. The lowest BCUT2D eigenvalue weighted by Gasteiger charge is -2.19. The lowest BCUT2D eigenvalue weighted by atomic mass is 10.1. The summed E-state index contributed by atoms with van der Waals surface area (Å²) in [6.07, 6.45) is 2.43. The lowest BCUT2D eigenvalue weighted by molar-refractivity contribution is -0.124. The van der Waals surface area contributed by atoms with E-state index in [9.17, 15) is 9.59 Å². The summed E-state index contributed by atoms with van der Waals surface area (Å²) >= 11 is 4.54. The van der Waals surface area contributed by atoms with Gasteiger partial charge in [0.1, 0.15) is 6.61 Å². The number of benzene rings is 3. The van der Waals surface area contributed by atoms with Gasteiger partial charge in [0.15, 0.2) is 11.5 Å². The molecule has 5 nitrogen and oxygen atoms in total. The van der Waals surface area contributed by atoms with E-state index in [0.717, 1.165) is 38.1 Å². The number of carbonyl (C=O) groups excluding carboxylic acids is 2. The second kappa shape index (κ2) is 10.0. The minimum atomic E-state index is -0.263. The molecule has 1 fully saturated rings. The van der Waals surface area contributed by atoms with Gasteiger partial charge in [-0.1, -0.05) is 65.3 Å². The number of halogens is 1. The van der Waals surface area contributed by atoms with E-state index in [1.807, 2.05) is 44.2 Å². The summed E-state index contributed by atoms with van der Waals surface area (Å²) in [5, 5.41) is 2.07. The van der Waals surface area contributed by atoms with Crippen molar-refractivity contribution in [3.8, 4) is 11.5 Å². The van der Waals surface area contributed by atoms with Crippen molar-refractivity contribution in [1.29, 1.82) is 0 Å². The molecule has 2 amide bonds. The third-order valence-electron chi connectivity index (χ3n) is 5.69. The van der Waals surface area contributed by atoms with Gasteiger partial charge in [-0.05, 0) is 65.2 Å². The molecule has 1 aliphatic heterocycles. The number of rotatable bonds is 7. The molecule has 170 valence electrons. The van der Waals surface area contributed by atoms with Crippen LogP contribution in [0.15, 0.2) is 64.0 Å². The molecule has 1 saturated heterocycles. The third-order valence-corrected chi connectivity index (χ3v) is 7.26. The number of thioether (sulfide) groups is 1. The molecule has 1 aliphatic rings. The SMILES string of the molecule is CCC(C)N1C(=O)S/C(=C\c2cc(OC)c(OCc3cccc4ccccc34)cc2Br)C1=O. The van der Waals surface area contributed by atoms with Crippen LogP contribution in [0.5, 0.6) is 11.5 Å². The maximum Gasteiger partial charge on any atom is 0.293 e. The number of ether oxygens (including phenoxy) is 2. The van der Waals surface area contributed by atoms with Gasteiger partial charge in [-0.2, -0.15) is 0 Å². The van der Waals surface area contributed by atoms with Crippen LogP contribution in [-0.4, -0.2) is 29.2 Å². The molecule has 0 saturated carbocycles.